The van der Waals surface area contributed by atoms with Gasteiger partial charge in [0.25, 0.3) is 0 Å². The van der Waals surface area contributed by atoms with E-state index in [9.17, 15) is 0 Å². The monoisotopic (exact) mass is 266 g/mol. The van der Waals surface area contributed by atoms with Crippen molar-refractivity contribution in [2.24, 2.45) is 5.84 Å². The first-order valence-corrected chi connectivity index (χ1v) is 6.75. The van der Waals surface area contributed by atoms with Crippen molar-refractivity contribution in [1.82, 2.24) is 15.0 Å². The minimum atomic E-state index is 0.390. The summed E-state index contributed by atoms with van der Waals surface area (Å²) in [6.07, 6.45) is 3.73. The first kappa shape index (κ1) is 14.0. The summed E-state index contributed by atoms with van der Waals surface area (Å²) in [5, 5.41) is 2.18. The Morgan fingerprint density at radius 3 is 2.68 bits per heavy atom. The summed E-state index contributed by atoms with van der Waals surface area (Å²) >= 11 is 0. The van der Waals surface area contributed by atoms with Gasteiger partial charge in [-0.15, -0.1) is 0 Å². The smallest absolute Gasteiger partial charge is 0.158 e. The van der Waals surface area contributed by atoms with Crippen LogP contribution in [0.2, 0.25) is 0 Å². The predicted molar refractivity (Wildman–Crippen MR) is 74.2 cm³/mol. The molecule has 7 heteroatoms. The molecule has 0 unspecified atom stereocenters. The quantitative estimate of drug-likeness (QED) is 0.525. The fourth-order valence-corrected chi connectivity index (χ4v) is 2.05. The summed E-state index contributed by atoms with van der Waals surface area (Å²) in [4.78, 5) is 8.68. The van der Waals surface area contributed by atoms with Gasteiger partial charge in [0.15, 0.2) is 5.82 Å². The van der Waals surface area contributed by atoms with E-state index in [1.807, 2.05) is 6.92 Å². The Bertz CT molecular complexity index is 394. The van der Waals surface area contributed by atoms with Crippen LogP contribution in [0.1, 0.15) is 32.0 Å². The number of anilines is 2. The third kappa shape index (κ3) is 4.30. The number of nitrogens with one attached hydrogen (secondary N) is 2. The Morgan fingerprint density at radius 2 is 2.00 bits per heavy atom. The van der Waals surface area contributed by atoms with E-state index >= 15 is 0 Å². The zero-order chi connectivity index (χ0) is 13.5. The van der Waals surface area contributed by atoms with E-state index in [0.717, 1.165) is 18.9 Å². The van der Waals surface area contributed by atoms with Crippen LogP contribution in [-0.2, 0) is 11.3 Å². The van der Waals surface area contributed by atoms with E-state index in [1.54, 1.807) is 6.07 Å². The largest absolute Gasteiger partial charge is 0.374 e. The molecule has 0 spiro atoms. The minimum absolute atomic E-state index is 0.390. The van der Waals surface area contributed by atoms with Crippen molar-refractivity contribution in [1.29, 1.82) is 0 Å². The van der Waals surface area contributed by atoms with Crippen molar-refractivity contribution in [2.45, 2.75) is 32.8 Å². The molecule has 0 bridgehead atoms. The highest BCUT2D eigenvalue weighted by atomic mass is 16.5. The molecule has 1 aromatic heterocycles. The summed E-state index contributed by atoms with van der Waals surface area (Å²) in [5.41, 5.74) is 5.86. The Labute approximate surface area is 113 Å². The molecule has 0 radical (unpaired) electrons. The maximum absolute atomic E-state index is 5.43. The zero-order valence-electron chi connectivity index (χ0n) is 11.4. The lowest BCUT2D eigenvalue weighted by atomic mass is 10.2. The first-order chi connectivity index (χ1) is 9.31. The number of hydrazine groups is 2. The molecular weight excluding hydrogens is 244 g/mol. The second-order valence-corrected chi connectivity index (χ2v) is 4.50. The van der Waals surface area contributed by atoms with Crippen LogP contribution < -0.4 is 16.7 Å². The Morgan fingerprint density at radius 1 is 1.26 bits per heavy atom. The van der Waals surface area contributed by atoms with Gasteiger partial charge in [0, 0.05) is 25.8 Å². The lowest BCUT2D eigenvalue weighted by Gasteiger charge is -2.27. The molecule has 106 valence electrons. The average molecular weight is 266 g/mol. The highest BCUT2D eigenvalue weighted by Crippen LogP contribution is 2.14. The molecule has 2 rings (SSSR count). The van der Waals surface area contributed by atoms with E-state index < -0.39 is 0 Å². The molecule has 4 N–H and O–H groups in total. The number of ether oxygens (including phenoxy) is 1. The first-order valence-electron chi connectivity index (χ1n) is 6.75. The second kappa shape index (κ2) is 7.22. The van der Waals surface area contributed by atoms with Crippen LogP contribution in [0.25, 0.3) is 0 Å². The lowest BCUT2D eigenvalue weighted by Crippen LogP contribution is -2.35. The van der Waals surface area contributed by atoms with E-state index in [1.165, 1.54) is 19.3 Å². The van der Waals surface area contributed by atoms with Crippen molar-refractivity contribution in [2.75, 3.05) is 30.5 Å². The van der Waals surface area contributed by atoms with Crippen LogP contribution in [0, 0.1) is 0 Å². The van der Waals surface area contributed by atoms with Crippen LogP contribution >= 0.6 is 0 Å². The van der Waals surface area contributed by atoms with Gasteiger partial charge < -0.3 is 15.6 Å². The fourth-order valence-electron chi connectivity index (χ4n) is 2.05. The van der Waals surface area contributed by atoms with Crippen LogP contribution in [0.3, 0.4) is 0 Å². The molecule has 0 atom stereocenters. The Kier molecular flexibility index (Phi) is 5.31. The van der Waals surface area contributed by atoms with Gasteiger partial charge in [-0.2, -0.15) is 0 Å². The molecule has 0 amide bonds. The molecule has 19 heavy (non-hydrogen) atoms. The fraction of sp³-hybridized carbons (Fsp3) is 0.667. The predicted octanol–water partition coefficient (Wildman–Crippen LogP) is 1.11. The molecular formula is C12H22N6O. The van der Waals surface area contributed by atoms with Gasteiger partial charge in [-0.05, 0) is 19.8 Å². The number of hydrogen-bond donors (Lipinski definition) is 3. The normalized spacial score (nSPS) is 16.3. The topological polar surface area (TPSA) is 88.3 Å². The average Bonchev–Trinajstić information content (AvgIpc) is 2.46. The number of nitrogens with two attached hydrogens (primary N) is 1. The van der Waals surface area contributed by atoms with Gasteiger partial charge >= 0.3 is 0 Å². The van der Waals surface area contributed by atoms with Crippen LogP contribution in [0.15, 0.2) is 6.07 Å². The third-order valence-electron chi connectivity index (χ3n) is 2.98. The number of nitrogens with zero attached hydrogens (tertiary/aromatic N) is 3. The highest BCUT2D eigenvalue weighted by Gasteiger charge is 2.11. The number of nitrogen functional groups attached to an aromatic ring is 1. The van der Waals surface area contributed by atoms with E-state index in [4.69, 9.17) is 10.6 Å². The van der Waals surface area contributed by atoms with Gasteiger partial charge in [0.05, 0.1) is 0 Å². The third-order valence-corrected chi connectivity index (χ3v) is 2.98. The van der Waals surface area contributed by atoms with E-state index in [-0.39, 0.29) is 0 Å². The molecule has 0 saturated carbocycles. The SMILES string of the molecule is CCOCc1nc(NN)cc(NN2CCCCC2)n1. The Hall–Kier alpha value is -1.44. The van der Waals surface area contributed by atoms with Gasteiger partial charge in [-0.3, -0.25) is 0 Å². The molecule has 7 nitrogen and oxygen atoms in total. The van der Waals surface area contributed by atoms with Gasteiger partial charge in [-0.1, -0.05) is 6.42 Å². The van der Waals surface area contributed by atoms with Crippen LogP contribution in [-0.4, -0.2) is 34.7 Å². The number of piperidine rings is 1. The van der Waals surface area contributed by atoms with Crippen LogP contribution in [0.5, 0.6) is 0 Å². The number of rotatable bonds is 6. The number of hydrogen-bond acceptors (Lipinski definition) is 7. The molecule has 1 aromatic rings. The van der Waals surface area contributed by atoms with Crippen molar-refractivity contribution in [3.63, 3.8) is 0 Å². The van der Waals surface area contributed by atoms with Gasteiger partial charge in [0.2, 0.25) is 0 Å². The molecule has 1 aliphatic rings. The summed E-state index contributed by atoms with van der Waals surface area (Å²) in [6.45, 7) is 5.05. The summed E-state index contributed by atoms with van der Waals surface area (Å²) in [7, 11) is 0. The molecule has 1 saturated heterocycles. The standard InChI is InChI=1S/C12H22N6O/c1-2-19-9-12-14-10(16-13)8-11(15-12)17-18-6-4-3-5-7-18/h8H,2-7,9,13H2,1H3,(H2,14,15,16,17). The van der Waals surface area contributed by atoms with Gasteiger partial charge in [-0.25, -0.2) is 20.8 Å². The maximum atomic E-state index is 5.43. The van der Waals surface area contributed by atoms with Crippen molar-refractivity contribution in [3.05, 3.63) is 11.9 Å². The van der Waals surface area contributed by atoms with Crippen molar-refractivity contribution in [3.8, 4) is 0 Å². The second-order valence-electron chi connectivity index (χ2n) is 4.50. The van der Waals surface area contributed by atoms with Crippen molar-refractivity contribution < 1.29 is 4.74 Å². The maximum Gasteiger partial charge on any atom is 0.158 e. The minimum Gasteiger partial charge on any atom is -0.374 e. The molecule has 1 aliphatic heterocycles. The number of aromatic nitrogens is 2. The van der Waals surface area contributed by atoms with Crippen molar-refractivity contribution >= 4 is 11.6 Å². The zero-order valence-corrected chi connectivity index (χ0v) is 11.4. The summed E-state index contributed by atoms with van der Waals surface area (Å²) in [5.74, 6) is 7.39. The highest BCUT2D eigenvalue weighted by molar-refractivity contribution is 5.46. The summed E-state index contributed by atoms with van der Waals surface area (Å²) < 4.78 is 5.33. The molecule has 0 aliphatic carbocycles. The Balaban J connectivity index is 2.04. The molecule has 2 heterocycles. The molecule has 0 aromatic carbocycles. The molecule has 1 fully saturated rings. The van der Waals surface area contributed by atoms with E-state index in [0.29, 0.717) is 24.9 Å². The van der Waals surface area contributed by atoms with Crippen LogP contribution in [0.4, 0.5) is 11.6 Å². The van der Waals surface area contributed by atoms with E-state index in [2.05, 4.69) is 25.8 Å². The summed E-state index contributed by atoms with van der Waals surface area (Å²) in [6, 6.07) is 1.80. The lowest BCUT2D eigenvalue weighted by molar-refractivity contribution is 0.128. The van der Waals surface area contributed by atoms with Gasteiger partial charge in [0.1, 0.15) is 18.2 Å².